The Labute approximate surface area is 95.4 Å². The van der Waals surface area contributed by atoms with Crippen LogP contribution in [0.2, 0.25) is 0 Å². The van der Waals surface area contributed by atoms with E-state index in [-0.39, 0.29) is 5.78 Å². The Balaban J connectivity index is 1.94. The third-order valence-electron chi connectivity index (χ3n) is 2.81. The molecule has 1 aromatic carbocycles. The Morgan fingerprint density at radius 1 is 1.25 bits per heavy atom. The summed E-state index contributed by atoms with van der Waals surface area (Å²) in [6, 6.07) is 7.12. The molecule has 1 aromatic rings. The van der Waals surface area contributed by atoms with E-state index in [1.54, 1.807) is 24.3 Å². The number of benzene rings is 1. The molecule has 1 saturated heterocycles. The van der Waals surface area contributed by atoms with Gasteiger partial charge in [0.05, 0.1) is 6.54 Å². The molecule has 1 aliphatic heterocycles. The number of nitrogens with two attached hydrogens (primary N) is 1. The predicted molar refractivity (Wildman–Crippen MR) is 64.5 cm³/mol. The third-order valence-corrected chi connectivity index (χ3v) is 2.81. The molecule has 1 fully saturated rings. The molecule has 2 rings (SSSR count). The summed E-state index contributed by atoms with van der Waals surface area (Å²) in [5, 5.41) is 3.27. The highest BCUT2D eigenvalue weighted by Gasteiger charge is 2.14. The molecule has 4 nitrogen and oxygen atoms in total. The summed E-state index contributed by atoms with van der Waals surface area (Å²) >= 11 is 0. The predicted octanol–water partition coefficient (Wildman–Crippen LogP) is 0.357. The van der Waals surface area contributed by atoms with Crippen LogP contribution in [0.15, 0.2) is 24.3 Å². The van der Waals surface area contributed by atoms with E-state index in [2.05, 4.69) is 10.2 Å². The second kappa shape index (κ2) is 5.09. The van der Waals surface area contributed by atoms with Crippen LogP contribution in [0.25, 0.3) is 0 Å². The van der Waals surface area contributed by atoms with Crippen LogP contribution in [-0.2, 0) is 0 Å². The molecule has 0 aromatic heterocycles. The van der Waals surface area contributed by atoms with Gasteiger partial charge in [0.15, 0.2) is 5.78 Å². The van der Waals surface area contributed by atoms with Gasteiger partial charge in [0, 0.05) is 37.4 Å². The fraction of sp³-hybridized carbons (Fsp3) is 0.417. The Hall–Kier alpha value is -1.39. The number of nitrogen functional groups attached to an aromatic ring is 1. The zero-order valence-electron chi connectivity index (χ0n) is 9.28. The highest BCUT2D eigenvalue weighted by molar-refractivity contribution is 5.97. The maximum atomic E-state index is 11.9. The zero-order valence-corrected chi connectivity index (χ0v) is 9.28. The number of Topliss-reactive ketones (excluding diaryl/α,β-unsaturated/α-hetero) is 1. The molecule has 0 aliphatic carbocycles. The number of ketones is 1. The van der Waals surface area contributed by atoms with Crippen LogP contribution < -0.4 is 11.1 Å². The normalized spacial score (nSPS) is 17.2. The van der Waals surface area contributed by atoms with Crippen LogP contribution in [0.1, 0.15) is 10.4 Å². The van der Waals surface area contributed by atoms with Crippen molar-refractivity contribution in [3.63, 3.8) is 0 Å². The van der Waals surface area contributed by atoms with Gasteiger partial charge >= 0.3 is 0 Å². The van der Waals surface area contributed by atoms with Crippen molar-refractivity contribution in [2.75, 3.05) is 38.5 Å². The van der Waals surface area contributed by atoms with Crippen LogP contribution in [0.5, 0.6) is 0 Å². The topological polar surface area (TPSA) is 58.4 Å². The van der Waals surface area contributed by atoms with Gasteiger partial charge in [-0.3, -0.25) is 9.69 Å². The van der Waals surface area contributed by atoms with Gasteiger partial charge in [0.2, 0.25) is 0 Å². The molecule has 86 valence electrons. The third kappa shape index (κ3) is 2.81. The van der Waals surface area contributed by atoms with Crippen molar-refractivity contribution in [3.05, 3.63) is 29.8 Å². The molecule has 16 heavy (non-hydrogen) atoms. The Bertz CT molecular complexity index is 355. The van der Waals surface area contributed by atoms with Gasteiger partial charge < -0.3 is 11.1 Å². The number of nitrogens with zero attached hydrogens (tertiary/aromatic N) is 1. The molecule has 1 heterocycles. The molecule has 3 N–H and O–H groups in total. The van der Waals surface area contributed by atoms with Crippen molar-refractivity contribution >= 4 is 11.5 Å². The first kappa shape index (κ1) is 11.1. The number of hydrogen-bond acceptors (Lipinski definition) is 4. The van der Waals surface area contributed by atoms with Gasteiger partial charge in [0.25, 0.3) is 0 Å². The Morgan fingerprint density at radius 3 is 2.50 bits per heavy atom. The van der Waals surface area contributed by atoms with E-state index in [9.17, 15) is 4.79 Å². The molecular weight excluding hydrogens is 202 g/mol. The lowest BCUT2D eigenvalue weighted by Crippen LogP contribution is -2.45. The van der Waals surface area contributed by atoms with Crippen molar-refractivity contribution < 1.29 is 4.79 Å². The summed E-state index contributed by atoms with van der Waals surface area (Å²) in [4.78, 5) is 14.1. The van der Waals surface area contributed by atoms with Crippen molar-refractivity contribution in [1.82, 2.24) is 10.2 Å². The molecule has 0 amide bonds. The Morgan fingerprint density at radius 2 is 1.88 bits per heavy atom. The summed E-state index contributed by atoms with van der Waals surface area (Å²) in [6.45, 7) is 4.33. The van der Waals surface area contributed by atoms with E-state index in [1.807, 2.05) is 0 Å². The van der Waals surface area contributed by atoms with Crippen LogP contribution >= 0.6 is 0 Å². The number of carbonyl (C=O) groups is 1. The average molecular weight is 219 g/mol. The zero-order chi connectivity index (χ0) is 11.4. The number of carbonyl (C=O) groups excluding carboxylic acids is 1. The molecule has 4 heteroatoms. The highest BCUT2D eigenvalue weighted by Crippen LogP contribution is 2.07. The van der Waals surface area contributed by atoms with E-state index in [1.165, 1.54) is 0 Å². The van der Waals surface area contributed by atoms with Gasteiger partial charge in [-0.15, -0.1) is 0 Å². The first-order chi connectivity index (χ1) is 7.75. The minimum Gasteiger partial charge on any atom is -0.399 e. The molecule has 0 unspecified atom stereocenters. The van der Waals surface area contributed by atoms with Crippen LogP contribution in [0.4, 0.5) is 5.69 Å². The summed E-state index contributed by atoms with van der Waals surface area (Å²) in [7, 11) is 0. The maximum Gasteiger partial charge on any atom is 0.176 e. The molecule has 0 radical (unpaired) electrons. The number of piperazine rings is 1. The minimum absolute atomic E-state index is 0.168. The Kier molecular flexibility index (Phi) is 3.54. The van der Waals surface area contributed by atoms with E-state index in [4.69, 9.17) is 5.73 Å². The lowest BCUT2D eigenvalue weighted by molar-refractivity contribution is 0.0921. The molecule has 0 bridgehead atoms. The molecular formula is C12H17N3O. The number of hydrogen-bond donors (Lipinski definition) is 2. The van der Waals surface area contributed by atoms with E-state index in [0.717, 1.165) is 31.7 Å². The van der Waals surface area contributed by atoms with Crippen LogP contribution in [0.3, 0.4) is 0 Å². The second-order valence-corrected chi connectivity index (χ2v) is 4.07. The van der Waals surface area contributed by atoms with E-state index >= 15 is 0 Å². The first-order valence-corrected chi connectivity index (χ1v) is 5.57. The summed E-state index contributed by atoms with van der Waals surface area (Å²) in [6.07, 6.45) is 0. The second-order valence-electron chi connectivity index (χ2n) is 4.07. The fourth-order valence-corrected chi connectivity index (χ4v) is 1.83. The van der Waals surface area contributed by atoms with Gasteiger partial charge in [-0.1, -0.05) is 0 Å². The average Bonchev–Trinajstić information content (AvgIpc) is 2.31. The number of rotatable bonds is 3. The van der Waals surface area contributed by atoms with Crippen molar-refractivity contribution in [2.45, 2.75) is 0 Å². The van der Waals surface area contributed by atoms with Crippen LogP contribution in [0, 0.1) is 0 Å². The maximum absolute atomic E-state index is 11.9. The summed E-state index contributed by atoms with van der Waals surface area (Å²) in [5.74, 6) is 0.168. The van der Waals surface area contributed by atoms with Crippen molar-refractivity contribution in [1.29, 1.82) is 0 Å². The number of anilines is 1. The molecule has 0 saturated carbocycles. The largest absolute Gasteiger partial charge is 0.399 e. The van der Waals surface area contributed by atoms with Crippen molar-refractivity contribution in [2.24, 2.45) is 0 Å². The molecule has 0 spiro atoms. The summed E-state index contributed by atoms with van der Waals surface area (Å²) in [5.41, 5.74) is 7.02. The molecule has 1 aliphatic rings. The smallest absolute Gasteiger partial charge is 0.176 e. The van der Waals surface area contributed by atoms with Gasteiger partial charge in [-0.25, -0.2) is 0 Å². The number of nitrogens with one attached hydrogen (secondary N) is 1. The standard InChI is InChI=1S/C12H17N3O/c13-11-3-1-10(2-4-11)12(16)9-15-7-5-14-6-8-15/h1-4,14H,5-9,13H2. The van der Waals surface area contributed by atoms with Gasteiger partial charge in [-0.2, -0.15) is 0 Å². The first-order valence-electron chi connectivity index (χ1n) is 5.57. The van der Waals surface area contributed by atoms with Crippen LogP contribution in [-0.4, -0.2) is 43.4 Å². The van der Waals surface area contributed by atoms with Gasteiger partial charge in [-0.05, 0) is 24.3 Å². The van der Waals surface area contributed by atoms with Crippen molar-refractivity contribution in [3.8, 4) is 0 Å². The fourth-order valence-electron chi connectivity index (χ4n) is 1.83. The summed E-state index contributed by atoms with van der Waals surface area (Å²) < 4.78 is 0. The minimum atomic E-state index is 0.168. The van der Waals surface area contributed by atoms with E-state index in [0.29, 0.717) is 12.2 Å². The van der Waals surface area contributed by atoms with E-state index < -0.39 is 0 Å². The lowest BCUT2D eigenvalue weighted by Gasteiger charge is -2.26. The lowest BCUT2D eigenvalue weighted by atomic mass is 10.1. The monoisotopic (exact) mass is 219 g/mol. The molecule has 0 atom stereocenters. The van der Waals surface area contributed by atoms with Gasteiger partial charge in [0.1, 0.15) is 0 Å². The highest BCUT2D eigenvalue weighted by atomic mass is 16.1. The SMILES string of the molecule is Nc1ccc(C(=O)CN2CCNCC2)cc1. The quantitative estimate of drug-likeness (QED) is 0.569.